The van der Waals surface area contributed by atoms with E-state index in [0.717, 1.165) is 25.7 Å². The number of piperazine rings is 1. The van der Waals surface area contributed by atoms with Gasteiger partial charge in [-0.3, -0.25) is 9.59 Å². The average molecular weight is 268 g/mol. The third-order valence-corrected chi connectivity index (χ3v) is 4.12. The first-order chi connectivity index (χ1) is 8.97. The molecule has 1 atom stereocenters. The zero-order valence-electron chi connectivity index (χ0n) is 12.1. The van der Waals surface area contributed by atoms with Crippen LogP contribution in [0.4, 0.5) is 0 Å². The number of nitrogens with one attached hydrogen (secondary N) is 1. The normalized spacial score (nSPS) is 26.3. The highest BCUT2D eigenvalue weighted by Gasteiger charge is 2.52. The van der Waals surface area contributed by atoms with Gasteiger partial charge in [0.25, 0.3) is 0 Å². The molecule has 19 heavy (non-hydrogen) atoms. The zero-order valence-corrected chi connectivity index (χ0v) is 12.1. The van der Waals surface area contributed by atoms with E-state index in [2.05, 4.69) is 5.32 Å². The number of amides is 2. The summed E-state index contributed by atoms with van der Waals surface area (Å²) in [6, 6.07) is -0.419. The molecular formula is C14H24N2O3. The van der Waals surface area contributed by atoms with Crippen molar-refractivity contribution in [2.45, 2.75) is 64.1 Å². The molecule has 1 heterocycles. The Hall–Kier alpha value is -1.10. The van der Waals surface area contributed by atoms with Crippen LogP contribution >= 0.6 is 0 Å². The van der Waals surface area contributed by atoms with Crippen molar-refractivity contribution in [3.8, 4) is 0 Å². The lowest BCUT2D eigenvalue weighted by Gasteiger charge is -2.45. The van der Waals surface area contributed by atoms with E-state index >= 15 is 0 Å². The van der Waals surface area contributed by atoms with Gasteiger partial charge in [-0.05, 0) is 33.6 Å². The summed E-state index contributed by atoms with van der Waals surface area (Å²) < 4.78 is 5.54. The maximum absolute atomic E-state index is 12.4. The summed E-state index contributed by atoms with van der Waals surface area (Å²) in [5.74, 6) is 0.0375. The van der Waals surface area contributed by atoms with E-state index in [4.69, 9.17) is 4.74 Å². The molecule has 108 valence electrons. The SMILES string of the molecule is CC(C)OCCN1C(=O)C(C)NC(=O)C12CCCC2. The highest BCUT2D eigenvalue weighted by atomic mass is 16.5. The van der Waals surface area contributed by atoms with E-state index < -0.39 is 11.6 Å². The van der Waals surface area contributed by atoms with Crippen LogP contribution < -0.4 is 5.32 Å². The molecule has 2 rings (SSSR count). The Morgan fingerprint density at radius 1 is 1.37 bits per heavy atom. The van der Waals surface area contributed by atoms with E-state index in [1.807, 2.05) is 13.8 Å². The van der Waals surface area contributed by atoms with Gasteiger partial charge in [0.2, 0.25) is 11.8 Å². The van der Waals surface area contributed by atoms with Crippen molar-refractivity contribution in [2.24, 2.45) is 0 Å². The van der Waals surface area contributed by atoms with Crippen molar-refractivity contribution in [3.05, 3.63) is 0 Å². The zero-order chi connectivity index (χ0) is 14.0. The third kappa shape index (κ3) is 2.61. The van der Waals surface area contributed by atoms with Crippen LogP contribution in [0.1, 0.15) is 46.5 Å². The number of nitrogens with zero attached hydrogens (tertiary/aromatic N) is 1. The molecule has 5 heteroatoms. The summed E-state index contributed by atoms with van der Waals surface area (Å²) >= 11 is 0. The van der Waals surface area contributed by atoms with Crippen molar-refractivity contribution in [1.29, 1.82) is 0 Å². The highest BCUT2D eigenvalue weighted by Crippen LogP contribution is 2.37. The van der Waals surface area contributed by atoms with Crippen molar-refractivity contribution >= 4 is 11.8 Å². The molecule has 0 aromatic carbocycles. The molecule has 2 fully saturated rings. The first kappa shape index (κ1) is 14.3. The number of hydrogen-bond acceptors (Lipinski definition) is 3. The molecule has 1 aliphatic heterocycles. The summed E-state index contributed by atoms with van der Waals surface area (Å²) in [6.45, 7) is 6.69. The standard InChI is InChI=1S/C14H24N2O3/c1-10(2)19-9-8-16-12(17)11(3)15-13(18)14(16)6-4-5-7-14/h10-11H,4-9H2,1-3H3,(H,15,18). The molecule has 0 bridgehead atoms. The number of carbonyl (C=O) groups is 2. The number of hydrogen-bond donors (Lipinski definition) is 1. The molecule has 1 unspecified atom stereocenters. The van der Waals surface area contributed by atoms with Gasteiger partial charge in [0.05, 0.1) is 12.7 Å². The van der Waals surface area contributed by atoms with Crippen molar-refractivity contribution in [1.82, 2.24) is 10.2 Å². The molecule has 1 aliphatic carbocycles. The van der Waals surface area contributed by atoms with Gasteiger partial charge in [-0.15, -0.1) is 0 Å². The summed E-state index contributed by atoms with van der Waals surface area (Å²) in [6.07, 6.45) is 3.72. The van der Waals surface area contributed by atoms with Gasteiger partial charge in [-0.2, -0.15) is 0 Å². The van der Waals surface area contributed by atoms with Gasteiger partial charge in [-0.25, -0.2) is 0 Å². The first-order valence-electron chi connectivity index (χ1n) is 7.21. The van der Waals surface area contributed by atoms with Crippen molar-refractivity contribution < 1.29 is 14.3 Å². The van der Waals surface area contributed by atoms with Gasteiger partial charge in [0.15, 0.2) is 0 Å². The number of ether oxygens (including phenoxy) is 1. The fourth-order valence-electron chi connectivity index (χ4n) is 3.12. The minimum Gasteiger partial charge on any atom is -0.377 e. The predicted molar refractivity (Wildman–Crippen MR) is 71.6 cm³/mol. The minimum atomic E-state index is -0.607. The summed E-state index contributed by atoms with van der Waals surface area (Å²) in [5, 5.41) is 2.82. The Balaban J connectivity index is 2.13. The van der Waals surface area contributed by atoms with Gasteiger partial charge in [-0.1, -0.05) is 12.8 Å². The largest absolute Gasteiger partial charge is 0.377 e. The molecule has 1 N–H and O–H groups in total. The Bertz CT molecular complexity index is 362. The smallest absolute Gasteiger partial charge is 0.246 e. The fourth-order valence-corrected chi connectivity index (χ4v) is 3.12. The van der Waals surface area contributed by atoms with Crippen LogP contribution in [0.2, 0.25) is 0 Å². The molecule has 2 amide bonds. The van der Waals surface area contributed by atoms with Gasteiger partial charge >= 0.3 is 0 Å². The monoisotopic (exact) mass is 268 g/mol. The molecule has 0 aromatic heterocycles. The van der Waals surface area contributed by atoms with Crippen LogP contribution in [0.25, 0.3) is 0 Å². The van der Waals surface area contributed by atoms with Crippen LogP contribution in [-0.2, 0) is 14.3 Å². The Morgan fingerprint density at radius 3 is 2.58 bits per heavy atom. The molecule has 1 saturated heterocycles. The second-order valence-electron chi connectivity index (χ2n) is 5.84. The summed E-state index contributed by atoms with van der Waals surface area (Å²) in [7, 11) is 0. The van der Waals surface area contributed by atoms with Gasteiger partial charge in [0, 0.05) is 6.54 Å². The lowest BCUT2D eigenvalue weighted by atomic mass is 9.89. The second-order valence-corrected chi connectivity index (χ2v) is 5.84. The minimum absolute atomic E-state index is 0.0154. The van der Waals surface area contributed by atoms with Crippen LogP contribution in [0.3, 0.4) is 0 Å². The Morgan fingerprint density at radius 2 is 2.00 bits per heavy atom. The number of rotatable bonds is 4. The summed E-state index contributed by atoms with van der Waals surface area (Å²) in [5.41, 5.74) is -0.607. The topological polar surface area (TPSA) is 58.6 Å². The first-order valence-corrected chi connectivity index (χ1v) is 7.21. The van der Waals surface area contributed by atoms with E-state index in [1.165, 1.54) is 0 Å². The molecule has 1 saturated carbocycles. The molecule has 5 nitrogen and oxygen atoms in total. The summed E-state index contributed by atoms with van der Waals surface area (Å²) in [4.78, 5) is 26.5. The molecule has 2 aliphatic rings. The lowest BCUT2D eigenvalue weighted by Crippen LogP contribution is -2.69. The van der Waals surface area contributed by atoms with E-state index in [-0.39, 0.29) is 17.9 Å². The molecule has 0 radical (unpaired) electrons. The van der Waals surface area contributed by atoms with Crippen LogP contribution in [-0.4, -0.2) is 47.6 Å². The Kier molecular flexibility index (Phi) is 4.13. The highest BCUT2D eigenvalue weighted by molar-refractivity contribution is 5.99. The fraction of sp³-hybridized carbons (Fsp3) is 0.857. The Labute approximate surface area is 114 Å². The maximum Gasteiger partial charge on any atom is 0.246 e. The van der Waals surface area contributed by atoms with E-state index in [0.29, 0.717) is 13.2 Å². The van der Waals surface area contributed by atoms with Crippen molar-refractivity contribution in [2.75, 3.05) is 13.2 Å². The molecule has 1 spiro atoms. The predicted octanol–water partition coefficient (Wildman–Crippen LogP) is 1.07. The molecular weight excluding hydrogens is 244 g/mol. The quantitative estimate of drug-likeness (QED) is 0.829. The van der Waals surface area contributed by atoms with Crippen LogP contribution in [0, 0.1) is 0 Å². The molecule has 0 aromatic rings. The second kappa shape index (κ2) is 5.49. The van der Waals surface area contributed by atoms with Gasteiger partial charge < -0.3 is 15.0 Å². The lowest BCUT2D eigenvalue weighted by molar-refractivity contribution is -0.158. The van der Waals surface area contributed by atoms with Crippen LogP contribution in [0.5, 0.6) is 0 Å². The van der Waals surface area contributed by atoms with E-state index in [9.17, 15) is 9.59 Å². The number of carbonyl (C=O) groups excluding carboxylic acids is 2. The average Bonchev–Trinajstić information content (AvgIpc) is 2.82. The third-order valence-electron chi connectivity index (χ3n) is 4.12. The van der Waals surface area contributed by atoms with Crippen LogP contribution in [0.15, 0.2) is 0 Å². The van der Waals surface area contributed by atoms with Crippen molar-refractivity contribution in [3.63, 3.8) is 0 Å². The maximum atomic E-state index is 12.4. The van der Waals surface area contributed by atoms with E-state index in [1.54, 1.807) is 11.8 Å². The van der Waals surface area contributed by atoms with Gasteiger partial charge in [0.1, 0.15) is 11.6 Å².